The molecule has 6 nitrogen and oxygen atoms in total. The molecule has 3 heterocycles. The summed E-state index contributed by atoms with van der Waals surface area (Å²) in [5.74, 6) is 1.59. The monoisotopic (exact) mass is 592 g/mol. The Kier molecular flexibility index (Phi) is 8.16. The van der Waals surface area contributed by atoms with Gasteiger partial charge in [0.05, 0.1) is 28.6 Å². The van der Waals surface area contributed by atoms with E-state index in [1.54, 1.807) is 11.3 Å². The molecule has 4 aromatic rings. The van der Waals surface area contributed by atoms with E-state index in [0.717, 1.165) is 95.0 Å². The van der Waals surface area contributed by atoms with Gasteiger partial charge in [-0.15, -0.1) is 11.3 Å². The van der Waals surface area contributed by atoms with Gasteiger partial charge in [0.25, 0.3) is 0 Å². The Labute approximate surface area is 249 Å². The molecule has 0 atom stereocenters. The average Bonchev–Trinajstić information content (AvgIpc) is 3.64. The van der Waals surface area contributed by atoms with Gasteiger partial charge in [-0.2, -0.15) is 0 Å². The highest BCUT2D eigenvalue weighted by Gasteiger charge is 2.22. The largest absolute Gasteiger partial charge is 0.454 e. The molecule has 0 saturated carbocycles. The van der Waals surface area contributed by atoms with Gasteiger partial charge in [-0.05, 0) is 47.5 Å². The molecular formula is C31H30Cl2N4O2S. The third kappa shape index (κ3) is 6.23. The summed E-state index contributed by atoms with van der Waals surface area (Å²) in [5, 5.41) is 4.71. The molecule has 0 aliphatic carbocycles. The Hall–Kier alpha value is -3.23. The molecule has 9 heteroatoms. The molecule has 6 rings (SSSR count). The summed E-state index contributed by atoms with van der Waals surface area (Å²) >= 11 is 14.2. The fourth-order valence-electron chi connectivity index (χ4n) is 5.11. The molecule has 0 amide bonds. The van der Waals surface area contributed by atoms with Gasteiger partial charge in [-0.3, -0.25) is 4.90 Å². The Morgan fingerprint density at radius 2 is 1.60 bits per heavy atom. The molecule has 40 heavy (non-hydrogen) atoms. The van der Waals surface area contributed by atoms with E-state index in [0.29, 0.717) is 0 Å². The van der Waals surface area contributed by atoms with Gasteiger partial charge in [0.1, 0.15) is 5.01 Å². The average molecular weight is 594 g/mol. The number of anilines is 1. The maximum absolute atomic E-state index is 6.43. The van der Waals surface area contributed by atoms with E-state index in [-0.39, 0.29) is 6.79 Å². The van der Waals surface area contributed by atoms with Crippen molar-refractivity contribution in [2.75, 3.05) is 37.9 Å². The summed E-state index contributed by atoms with van der Waals surface area (Å²) in [6.45, 7) is 10.5. The molecule has 3 aromatic carbocycles. The first kappa shape index (κ1) is 27.0. The van der Waals surface area contributed by atoms with E-state index in [2.05, 4.69) is 57.0 Å². The second-order valence-electron chi connectivity index (χ2n) is 9.96. The van der Waals surface area contributed by atoms with E-state index in [1.165, 1.54) is 5.56 Å². The second-order valence-corrected chi connectivity index (χ2v) is 11.7. The van der Waals surface area contributed by atoms with E-state index >= 15 is 0 Å². The van der Waals surface area contributed by atoms with Crippen LogP contribution in [0.25, 0.3) is 5.70 Å². The van der Waals surface area contributed by atoms with Crippen LogP contribution in [-0.2, 0) is 19.6 Å². The molecule has 1 saturated heterocycles. The smallest absolute Gasteiger partial charge is 0.231 e. The topological polar surface area (TPSA) is 41.1 Å². The van der Waals surface area contributed by atoms with Crippen LogP contribution in [0.2, 0.25) is 10.0 Å². The number of aromatic nitrogens is 1. The quantitative estimate of drug-likeness (QED) is 0.205. The Morgan fingerprint density at radius 3 is 2.40 bits per heavy atom. The van der Waals surface area contributed by atoms with Crippen LogP contribution in [0.15, 0.2) is 78.7 Å². The predicted octanol–water partition coefficient (Wildman–Crippen LogP) is 7.17. The maximum atomic E-state index is 6.43. The Bertz CT molecular complexity index is 1480. The molecule has 0 N–H and O–H groups in total. The van der Waals surface area contributed by atoms with Gasteiger partial charge < -0.3 is 19.3 Å². The molecule has 1 fully saturated rings. The highest BCUT2D eigenvalue weighted by molar-refractivity contribution is 7.09. The lowest BCUT2D eigenvalue weighted by molar-refractivity contribution is 0.174. The van der Waals surface area contributed by atoms with Crippen LogP contribution in [0.3, 0.4) is 0 Å². The molecule has 2 aliphatic rings. The lowest BCUT2D eigenvalue weighted by atomic mass is 10.1. The zero-order valence-electron chi connectivity index (χ0n) is 22.1. The third-order valence-corrected chi connectivity index (χ3v) is 8.63. The first-order valence-electron chi connectivity index (χ1n) is 13.3. The SMILES string of the molecule is C=C(c1csc(CN(Cc2ccc(Cl)cc2)Cc2ccc3c(c2)OCO3)n1)N1CCN(c2ccccc2Cl)CC1. The van der Waals surface area contributed by atoms with E-state index in [1.807, 2.05) is 36.4 Å². The van der Waals surface area contributed by atoms with Crippen molar-refractivity contribution in [3.05, 3.63) is 111 Å². The molecular weight excluding hydrogens is 563 g/mol. The van der Waals surface area contributed by atoms with Crippen molar-refractivity contribution in [3.8, 4) is 11.5 Å². The number of nitrogens with zero attached hydrogens (tertiary/aromatic N) is 4. The summed E-state index contributed by atoms with van der Waals surface area (Å²) in [5.41, 5.74) is 5.37. The summed E-state index contributed by atoms with van der Waals surface area (Å²) in [6.07, 6.45) is 0. The van der Waals surface area contributed by atoms with Crippen LogP contribution in [0, 0.1) is 0 Å². The predicted molar refractivity (Wildman–Crippen MR) is 163 cm³/mol. The normalized spacial score (nSPS) is 14.7. The highest BCUT2D eigenvalue weighted by Crippen LogP contribution is 2.33. The summed E-state index contributed by atoms with van der Waals surface area (Å²) < 4.78 is 11.1. The van der Waals surface area contributed by atoms with Gasteiger partial charge in [-0.1, -0.05) is 60.1 Å². The van der Waals surface area contributed by atoms with Crippen LogP contribution in [0.1, 0.15) is 21.8 Å². The van der Waals surface area contributed by atoms with Crippen molar-refractivity contribution in [2.24, 2.45) is 0 Å². The number of ether oxygens (including phenoxy) is 2. The minimum absolute atomic E-state index is 0.272. The van der Waals surface area contributed by atoms with Gasteiger partial charge in [0, 0.05) is 49.7 Å². The summed E-state index contributed by atoms with van der Waals surface area (Å²) in [6, 6.07) is 22.2. The molecule has 0 radical (unpaired) electrons. The number of piperazine rings is 1. The lowest BCUT2D eigenvalue weighted by Gasteiger charge is -2.38. The number of hydrogen-bond acceptors (Lipinski definition) is 7. The van der Waals surface area contributed by atoms with Crippen LogP contribution in [-0.4, -0.2) is 47.8 Å². The summed E-state index contributed by atoms with van der Waals surface area (Å²) in [4.78, 5) is 12.1. The molecule has 206 valence electrons. The standard InChI is InChI=1S/C31H30Cl2N4O2S/c1-22(36-12-14-37(15-13-36)28-5-3-2-4-26(28)33)27-20-40-31(34-27)19-35(17-23-6-9-25(32)10-7-23)18-24-8-11-29-30(16-24)39-21-38-29/h2-11,16,20H,1,12-15,17-19,21H2. The number of fused-ring (bicyclic) bond motifs is 1. The van der Waals surface area contributed by atoms with Crippen molar-refractivity contribution < 1.29 is 9.47 Å². The number of para-hydroxylation sites is 1. The molecule has 0 spiro atoms. The van der Waals surface area contributed by atoms with E-state index in [9.17, 15) is 0 Å². The Balaban J connectivity index is 1.12. The molecule has 0 unspecified atom stereocenters. The number of thiazole rings is 1. The minimum Gasteiger partial charge on any atom is -0.454 e. The number of hydrogen-bond donors (Lipinski definition) is 0. The molecule has 1 aromatic heterocycles. The van der Waals surface area contributed by atoms with E-state index in [4.69, 9.17) is 37.7 Å². The van der Waals surface area contributed by atoms with Gasteiger partial charge in [-0.25, -0.2) is 4.98 Å². The second kappa shape index (κ2) is 12.1. The van der Waals surface area contributed by atoms with Crippen LogP contribution in [0.5, 0.6) is 11.5 Å². The number of halogens is 2. The first-order valence-corrected chi connectivity index (χ1v) is 14.9. The van der Waals surface area contributed by atoms with Crippen molar-refractivity contribution in [1.82, 2.24) is 14.8 Å². The summed E-state index contributed by atoms with van der Waals surface area (Å²) in [7, 11) is 0. The van der Waals surface area contributed by atoms with Crippen molar-refractivity contribution >= 4 is 45.9 Å². The first-order chi connectivity index (χ1) is 19.5. The third-order valence-electron chi connectivity index (χ3n) is 7.22. The Morgan fingerprint density at radius 1 is 0.875 bits per heavy atom. The van der Waals surface area contributed by atoms with Crippen LogP contribution < -0.4 is 14.4 Å². The maximum Gasteiger partial charge on any atom is 0.231 e. The highest BCUT2D eigenvalue weighted by atomic mass is 35.5. The van der Waals surface area contributed by atoms with Gasteiger partial charge in [0.2, 0.25) is 6.79 Å². The number of rotatable bonds is 9. The molecule has 2 aliphatic heterocycles. The lowest BCUT2D eigenvalue weighted by Crippen LogP contribution is -2.45. The van der Waals surface area contributed by atoms with Crippen molar-refractivity contribution in [1.29, 1.82) is 0 Å². The van der Waals surface area contributed by atoms with Crippen LogP contribution in [0.4, 0.5) is 5.69 Å². The zero-order valence-corrected chi connectivity index (χ0v) is 24.4. The van der Waals surface area contributed by atoms with E-state index < -0.39 is 0 Å². The number of benzene rings is 3. The van der Waals surface area contributed by atoms with Crippen molar-refractivity contribution in [3.63, 3.8) is 0 Å². The zero-order chi connectivity index (χ0) is 27.5. The fourth-order valence-corrected chi connectivity index (χ4v) is 6.33. The van der Waals surface area contributed by atoms with Crippen molar-refractivity contribution in [2.45, 2.75) is 19.6 Å². The molecule has 0 bridgehead atoms. The minimum atomic E-state index is 0.272. The van der Waals surface area contributed by atoms with Crippen LogP contribution >= 0.6 is 34.5 Å². The fraction of sp³-hybridized carbons (Fsp3) is 0.258. The van der Waals surface area contributed by atoms with Gasteiger partial charge >= 0.3 is 0 Å². The van der Waals surface area contributed by atoms with Gasteiger partial charge in [0.15, 0.2) is 11.5 Å².